The van der Waals surface area contributed by atoms with Crippen molar-refractivity contribution in [3.8, 4) is 0 Å². The SMILES string of the molecule is Cc1cc(C)c(C)c(C(O)CCN(C)C2CCCCC2)c1C. The molecule has 1 aliphatic carbocycles. The fourth-order valence-corrected chi connectivity index (χ4v) is 3.92. The molecule has 0 radical (unpaired) electrons. The number of nitrogens with zero attached hydrogens (tertiary/aromatic N) is 1. The highest BCUT2D eigenvalue weighted by Gasteiger charge is 2.21. The first kappa shape index (κ1) is 17.5. The molecule has 1 N–H and O–H groups in total. The highest BCUT2D eigenvalue weighted by molar-refractivity contribution is 5.45. The third-order valence-corrected chi connectivity index (χ3v) is 5.71. The second-order valence-corrected chi connectivity index (χ2v) is 7.25. The van der Waals surface area contributed by atoms with Crippen LogP contribution in [0.2, 0.25) is 0 Å². The van der Waals surface area contributed by atoms with Crippen molar-refractivity contribution in [1.82, 2.24) is 4.90 Å². The second kappa shape index (κ2) is 7.61. The maximum Gasteiger partial charge on any atom is 0.0807 e. The Hall–Kier alpha value is -0.860. The van der Waals surface area contributed by atoms with E-state index in [9.17, 15) is 5.11 Å². The van der Waals surface area contributed by atoms with Crippen molar-refractivity contribution in [3.63, 3.8) is 0 Å². The minimum Gasteiger partial charge on any atom is -0.388 e. The Balaban J connectivity index is 2.01. The summed E-state index contributed by atoms with van der Waals surface area (Å²) in [6.07, 6.45) is 7.28. The molecule has 2 nitrogen and oxygen atoms in total. The summed E-state index contributed by atoms with van der Waals surface area (Å²) >= 11 is 0. The number of rotatable bonds is 5. The summed E-state index contributed by atoms with van der Waals surface area (Å²) in [5.41, 5.74) is 6.26. The maximum atomic E-state index is 10.8. The quantitative estimate of drug-likeness (QED) is 0.858. The molecule has 1 aromatic rings. The molecular weight excluding hydrogens is 270 g/mol. The van der Waals surface area contributed by atoms with Gasteiger partial charge in [-0.25, -0.2) is 0 Å². The Labute approximate surface area is 136 Å². The van der Waals surface area contributed by atoms with Crippen molar-refractivity contribution in [2.45, 2.75) is 78.4 Å². The fourth-order valence-electron chi connectivity index (χ4n) is 3.92. The Morgan fingerprint density at radius 3 is 2.14 bits per heavy atom. The molecule has 124 valence electrons. The minimum atomic E-state index is -0.343. The summed E-state index contributed by atoms with van der Waals surface area (Å²) in [7, 11) is 2.23. The maximum absolute atomic E-state index is 10.8. The van der Waals surface area contributed by atoms with Crippen LogP contribution in [0.4, 0.5) is 0 Å². The zero-order valence-corrected chi connectivity index (χ0v) is 15.1. The number of aliphatic hydroxyl groups excluding tert-OH is 1. The van der Waals surface area contributed by atoms with E-state index >= 15 is 0 Å². The summed E-state index contributed by atoms with van der Waals surface area (Å²) in [5, 5.41) is 10.8. The smallest absolute Gasteiger partial charge is 0.0807 e. The molecule has 0 bridgehead atoms. The van der Waals surface area contributed by atoms with E-state index in [4.69, 9.17) is 0 Å². The molecule has 1 aliphatic rings. The zero-order chi connectivity index (χ0) is 16.3. The van der Waals surface area contributed by atoms with Crippen molar-refractivity contribution >= 4 is 0 Å². The van der Waals surface area contributed by atoms with Crippen LogP contribution in [0.1, 0.15) is 72.4 Å². The van der Waals surface area contributed by atoms with Gasteiger partial charge in [0.25, 0.3) is 0 Å². The van der Waals surface area contributed by atoms with Gasteiger partial charge >= 0.3 is 0 Å². The third-order valence-electron chi connectivity index (χ3n) is 5.71. The van der Waals surface area contributed by atoms with Gasteiger partial charge in [0.1, 0.15) is 0 Å². The molecule has 22 heavy (non-hydrogen) atoms. The summed E-state index contributed by atoms with van der Waals surface area (Å²) in [4.78, 5) is 2.47. The monoisotopic (exact) mass is 303 g/mol. The zero-order valence-electron chi connectivity index (χ0n) is 15.1. The normalized spacial score (nSPS) is 18.0. The second-order valence-electron chi connectivity index (χ2n) is 7.25. The van der Waals surface area contributed by atoms with Crippen molar-refractivity contribution in [2.75, 3.05) is 13.6 Å². The number of hydrogen-bond donors (Lipinski definition) is 1. The van der Waals surface area contributed by atoms with Gasteiger partial charge < -0.3 is 10.0 Å². The average Bonchev–Trinajstić information content (AvgIpc) is 2.51. The minimum absolute atomic E-state index is 0.343. The first-order valence-corrected chi connectivity index (χ1v) is 8.87. The van der Waals surface area contributed by atoms with Gasteiger partial charge in [0.2, 0.25) is 0 Å². The average molecular weight is 303 g/mol. The lowest BCUT2D eigenvalue weighted by atomic mass is 9.89. The van der Waals surface area contributed by atoms with Crippen molar-refractivity contribution in [1.29, 1.82) is 0 Å². The molecule has 1 unspecified atom stereocenters. The summed E-state index contributed by atoms with van der Waals surface area (Å²) in [6, 6.07) is 2.96. The highest BCUT2D eigenvalue weighted by atomic mass is 16.3. The molecule has 0 spiro atoms. The number of aryl methyl sites for hydroxylation is 2. The molecule has 2 heteroatoms. The molecule has 1 fully saturated rings. The summed E-state index contributed by atoms with van der Waals surface area (Å²) in [5.74, 6) is 0. The van der Waals surface area contributed by atoms with Crippen LogP contribution in [-0.2, 0) is 0 Å². The molecule has 2 rings (SSSR count). The van der Waals surface area contributed by atoms with Crippen LogP contribution in [0.25, 0.3) is 0 Å². The molecule has 0 aromatic heterocycles. The molecule has 0 amide bonds. The van der Waals surface area contributed by atoms with Crippen molar-refractivity contribution < 1.29 is 5.11 Å². The molecule has 0 saturated heterocycles. The Morgan fingerprint density at radius 2 is 1.59 bits per heavy atom. The van der Waals surface area contributed by atoms with Crippen LogP contribution in [0.5, 0.6) is 0 Å². The topological polar surface area (TPSA) is 23.5 Å². The summed E-state index contributed by atoms with van der Waals surface area (Å²) < 4.78 is 0. The van der Waals surface area contributed by atoms with Crippen molar-refractivity contribution in [2.24, 2.45) is 0 Å². The largest absolute Gasteiger partial charge is 0.388 e. The van der Waals surface area contributed by atoms with Crippen LogP contribution in [0.3, 0.4) is 0 Å². The fraction of sp³-hybridized carbons (Fsp3) is 0.700. The van der Waals surface area contributed by atoms with E-state index in [0.717, 1.165) is 24.6 Å². The lowest BCUT2D eigenvalue weighted by Gasteiger charge is -2.32. The molecule has 1 saturated carbocycles. The first-order valence-electron chi connectivity index (χ1n) is 8.87. The van der Waals surface area contributed by atoms with Crippen molar-refractivity contribution in [3.05, 3.63) is 33.9 Å². The van der Waals surface area contributed by atoms with E-state index < -0.39 is 0 Å². The van der Waals surface area contributed by atoms with Gasteiger partial charge in [-0.05, 0) is 81.8 Å². The first-order chi connectivity index (χ1) is 10.4. The highest BCUT2D eigenvalue weighted by Crippen LogP contribution is 2.30. The number of aliphatic hydroxyl groups is 1. The van der Waals surface area contributed by atoms with E-state index in [0.29, 0.717) is 0 Å². The predicted octanol–water partition coefficient (Wildman–Crippen LogP) is 4.61. The Kier molecular flexibility index (Phi) is 6.05. The van der Waals surface area contributed by atoms with Crippen LogP contribution < -0.4 is 0 Å². The van der Waals surface area contributed by atoms with Gasteiger partial charge in [0.05, 0.1) is 6.10 Å². The van der Waals surface area contributed by atoms with Crippen LogP contribution in [0.15, 0.2) is 6.07 Å². The predicted molar refractivity (Wildman–Crippen MR) is 94.5 cm³/mol. The molecule has 1 atom stereocenters. The van der Waals surface area contributed by atoms with Gasteiger partial charge in [-0.1, -0.05) is 25.3 Å². The van der Waals surface area contributed by atoms with Gasteiger partial charge in [0, 0.05) is 12.6 Å². The number of hydrogen-bond acceptors (Lipinski definition) is 2. The van der Waals surface area contributed by atoms with E-state index in [1.165, 1.54) is 54.4 Å². The number of benzene rings is 1. The third kappa shape index (κ3) is 3.91. The summed E-state index contributed by atoms with van der Waals surface area (Å²) in [6.45, 7) is 9.56. The van der Waals surface area contributed by atoms with Gasteiger partial charge in [0.15, 0.2) is 0 Å². The molecule has 0 heterocycles. The lowest BCUT2D eigenvalue weighted by Crippen LogP contribution is -2.34. The Bertz CT molecular complexity index is 477. The standard InChI is InChI=1S/C20H33NO/c1-14-13-15(2)17(4)20(16(14)3)19(22)11-12-21(5)18-9-7-6-8-10-18/h13,18-19,22H,6-12H2,1-5H3. The molecule has 0 aliphatic heterocycles. The molecule has 1 aromatic carbocycles. The van der Waals surface area contributed by atoms with Crippen LogP contribution >= 0.6 is 0 Å². The van der Waals surface area contributed by atoms with Gasteiger partial charge in [-0.2, -0.15) is 0 Å². The van der Waals surface area contributed by atoms with E-state index in [-0.39, 0.29) is 6.10 Å². The van der Waals surface area contributed by atoms with Crippen LogP contribution in [-0.4, -0.2) is 29.6 Å². The van der Waals surface area contributed by atoms with E-state index in [2.05, 4.69) is 45.7 Å². The molecular formula is C20H33NO. The van der Waals surface area contributed by atoms with Gasteiger partial charge in [-0.15, -0.1) is 0 Å². The van der Waals surface area contributed by atoms with Gasteiger partial charge in [-0.3, -0.25) is 0 Å². The van der Waals surface area contributed by atoms with E-state index in [1.54, 1.807) is 0 Å². The lowest BCUT2D eigenvalue weighted by molar-refractivity contribution is 0.124. The Morgan fingerprint density at radius 1 is 1.05 bits per heavy atom. The van der Waals surface area contributed by atoms with E-state index in [1.807, 2.05) is 0 Å². The van der Waals surface area contributed by atoms with Crippen LogP contribution in [0, 0.1) is 27.7 Å².